The van der Waals surface area contributed by atoms with Crippen molar-refractivity contribution in [3.05, 3.63) is 77.4 Å². The third-order valence-corrected chi connectivity index (χ3v) is 6.21. The van der Waals surface area contributed by atoms with Crippen molar-refractivity contribution in [1.29, 1.82) is 0 Å². The van der Waals surface area contributed by atoms with E-state index in [1.54, 1.807) is 18.2 Å². The summed E-state index contributed by atoms with van der Waals surface area (Å²) >= 11 is 0. The standard InChI is InChI=1S/C26H17F17O2/c1-2-14-10-16(12-17(11-14)18(44)45-13-15-6-4-3-5-7-15)8-9-19(27,28)20(29,30)21(31,32)22(33,34)23(35,36)24(37,38)25(39,40)26(41,42)43/h2-7,10-12H,1,8-9,13H2. The second-order valence-electron chi connectivity index (χ2n) is 9.38. The molecule has 0 radical (unpaired) electrons. The van der Waals surface area contributed by atoms with E-state index >= 15 is 0 Å². The highest BCUT2D eigenvalue weighted by Crippen LogP contribution is 2.64. The van der Waals surface area contributed by atoms with E-state index in [0.717, 1.165) is 18.2 Å². The lowest BCUT2D eigenvalue weighted by Crippen LogP contribution is -2.74. The normalized spacial score (nSPS) is 14.3. The van der Waals surface area contributed by atoms with Gasteiger partial charge < -0.3 is 4.74 Å². The van der Waals surface area contributed by atoms with Gasteiger partial charge in [-0.2, -0.15) is 74.6 Å². The average Bonchev–Trinajstić information content (AvgIpc) is 2.93. The largest absolute Gasteiger partial charge is 0.460 e. The summed E-state index contributed by atoms with van der Waals surface area (Å²) < 4.78 is 234. The molecule has 0 aliphatic carbocycles. The molecule has 2 nitrogen and oxygen atoms in total. The quantitative estimate of drug-likeness (QED) is 0.155. The topological polar surface area (TPSA) is 26.3 Å². The summed E-state index contributed by atoms with van der Waals surface area (Å²) in [4.78, 5) is 12.4. The van der Waals surface area contributed by atoms with Crippen LogP contribution in [-0.2, 0) is 17.8 Å². The third kappa shape index (κ3) is 6.43. The minimum Gasteiger partial charge on any atom is -0.457 e. The number of hydrogen-bond acceptors (Lipinski definition) is 2. The van der Waals surface area contributed by atoms with Crippen molar-refractivity contribution >= 4 is 12.0 Å². The number of benzene rings is 2. The molecule has 0 bridgehead atoms. The minimum atomic E-state index is -8.69. The molecule has 0 spiro atoms. The first-order chi connectivity index (χ1) is 20.1. The van der Waals surface area contributed by atoms with Crippen LogP contribution >= 0.6 is 0 Å². The second kappa shape index (κ2) is 12.0. The fraction of sp³-hybridized carbons (Fsp3) is 0.423. The Labute approximate surface area is 241 Å². The number of ether oxygens (including phenoxy) is 1. The van der Waals surface area contributed by atoms with Gasteiger partial charge in [-0.05, 0) is 35.2 Å². The average molecular weight is 684 g/mol. The number of rotatable bonds is 13. The molecule has 0 unspecified atom stereocenters. The fourth-order valence-corrected chi connectivity index (χ4v) is 3.56. The van der Waals surface area contributed by atoms with Gasteiger partial charge in [-0.25, -0.2) is 4.79 Å². The Kier molecular flexibility index (Phi) is 10.0. The molecule has 0 heterocycles. The van der Waals surface area contributed by atoms with Crippen LogP contribution in [0.2, 0.25) is 0 Å². The van der Waals surface area contributed by atoms with Crippen LogP contribution in [0, 0.1) is 0 Å². The number of alkyl halides is 17. The highest BCUT2D eigenvalue weighted by atomic mass is 19.4. The number of halogens is 17. The Morgan fingerprint density at radius 3 is 1.56 bits per heavy atom. The van der Waals surface area contributed by atoms with E-state index in [-0.39, 0.29) is 12.2 Å². The zero-order valence-corrected chi connectivity index (χ0v) is 21.8. The van der Waals surface area contributed by atoms with Gasteiger partial charge in [0.2, 0.25) is 0 Å². The summed E-state index contributed by atoms with van der Waals surface area (Å²) in [6.45, 7) is 2.96. The van der Waals surface area contributed by atoms with E-state index in [9.17, 15) is 79.4 Å². The first kappa shape index (κ1) is 37.6. The molecule has 2 aromatic rings. The van der Waals surface area contributed by atoms with Gasteiger partial charge in [-0.1, -0.05) is 49.1 Å². The van der Waals surface area contributed by atoms with Gasteiger partial charge >= 0.3 is 53.6 Å². The maximum absolute atomic E-state index is 14.3. The Hall–Kier alpha value is -3.54. The van der Waals surface area contributed by atoms with Crippen LogP contribution in [-0.4, -0.2) is 53.6 Å². The molecular weight excluding hydrogens is 667 g/mol. The van der Waals surface area contributed by atoms with Crippen LogP contribution in [0.3, 0.4) is 0 Å². The molecule has 0 fully saturated rings. The van der Waals surface area contributed by atoms with Crippen molar-refractivity contribution < 1.29 is 84.2 Å². The molecule has 252 valence electrons. The molecule has 0 amide bonds. The van der Waals surface area contributed by atoms with Gasteiger partial charge in [-0.3, -0.25) is 0 Å². The van der Waals surface area contributed by atoms with E-state index in [1.807, 2.05) is 0 Å². The first-order valence-corrected chi connectivity index (χ1v) is 11.8. The Morgan fingerprint density at radius 2 is 1.09 bits per heavy atom. The lowest BCUT2D eigenvalue weighted by atomic mass is 9.87. The van der Waals surface area contributed by atoms with Crippen molar-refractivity contribution in [3.8, 4) is 0 Å². The van der Waals surface area contributed by atoms with Gasteiger partial charge in [0.25, 0.3) is 0 Å². The van der Waals surface area contributed by atoms with Crippen molar-refractivity contribution in [2.75, 3.05) is 0 Å². The number of carbonyl (C=O) groups is 1. The van der Waals surface area contributed by atoms with E-state index in [2.05, 4.69) is 6.58 Å². The molecule has 0 aromatic heterocycles. The van der Waals surface area contributed by atoms with E-state index < -0.39 is 77.6 Å². The zero-order valence-electron chi connectivity index (χ0n) is 21.8. The van der Waals surface area contributed by atoms with Crippen LogP contribution in [0.15, 0.2) is 55.1 Å². The summed E-state index contributed by atoms with van der Waals surface area (Å²) in [5.41, 5.74) is -0.682. The van der Waals surface area contributed by atoms with Gasteiger partial charge in [-0.15, -0.1) is 0 Å². The molecule has 45 heavy (non-hydrogen) atoms. The van der Waals surface area contributed by atoms with Gasteiger partial charge in [0, 0.05) is 6.42 Å². The minimum absolute atomic E-state index is 0.0985. The van der Waals surface area contributed by atoms with Crippen LogP contribution < -0.4 is 0 Å². The molecule has 19 heteroatoms. The summed E-state index contributed by atoms with van der Waals surface area (Å²) in [5.74, 6) is -57.9. The summed E-state index contributed by atoms with van der Waals surface area (Å²) in [7, 11) is 0. The van der Waals surface area contributed by atoms with Crippen molar-refractivity contribution in [3.63, 3.8) is 0 Å². The molecule has 0 N–H and O–H groups in total. The lowest BCUT2D eigenvalue weighted by molar-refractivity contribution is -0.461. The number of hydrogen-bond donors (Lipinski definition) is 0. The summed E-state index contributed by atoms with van der Waals surface area (Å²) in [5, 5.41) is 0. The predicted molar refractivity (Wildman–Crippen MR) is 121 cm³/mol. The molecule has 2 aromatic carbocycles. The van der Waals surface area contributed by atoms with Crippen molar-refractivity contribution in [2.45, 2.75) is 67.1 Å². The number of esters is 1. The second-order valence-corrected chi connectivity index (χ2v) is 9.38. The lowest BCUT2D eigenvalue weighted by Gasteiger charge is -2.42. The van der Waals surface area contributed by atoms with Crippen LogP contribution in [0.5, 0.6) is 0 Å². The Bertz CT molecular complexity index is 1370. The molecule has 2 rings (SSSR count). The molecular formula is C26H17F17O2. The van der Waals surface area contributed by atoms with E-state index in [4.69, 9.17) is 4.74 Å². The number of aryl methyl sites for hydroxylation is 1. The van der Waals surface area contributed by atoms with E-state index in [0.29, 0.717) is 11.6 Å². The Morgan fingerprint density at radius 1 is 0.622 bits per heavy atom. The molecule has 0 aliphatic heterocycles. The smallest absolute Gasteiger partial charge is 0.457 e. The third-order valence-electron chi connectivity index (χ3n) is 6.21. The Balaban J connectivity index is 2.39. The summed E-state index contributed by atoms with van der Waals surface area (Å²) in [6.07, 6.45) is -11.0. The van der Waals surface area contributed by atoms with Gasteiger partial charge in [0.1, 0.15) is 6.61 Å². The highest BCUT2D eigenvalue weighted by Gasteiger charge is 2.95. The maximum Gasteiger partial charge on any atom is 0.460 e. The van der Waals surface area contributed by atoms with Crippen LogP contribution in [0.25, 0.3) is 6.08 Å². The molecule has 0 saturated carbocycles. The predicted octanol–water partition coefficient (Wildman–Crippen LogP) is 9.63. The fourth-order valence-electron chi connectivity index (χ4n) is 3.56. The number of carbonyl (C=O) groups excluding carboxylic acids is 1. The monoisotopic (exact) mass is 684 g/mol. The molecule has 0 saturated heterocycles. The van der Waals surface area contributed by atoms with Crippen LogP contribution in [0.4, 0.5) is 74.6 Å². The van der Waals surface area contributed by atoms with E-state index in [1.165, 1.54) is 12.1 Å². The SMILES string of the molecule is C=Cc1cc(CCC(F)(F)C(F)(F)C(F)(F)C(F)(F)C(F)(F)C(F)(F)C(F)(F)C(F)(F)F)cc(C(=O)OCc2ccccc2)c1. The first-order valence-electron chi connectivity index (χ1n) is 11.8. The maximum atomic E-state index is 14.3. The van der Waals surface area contributed by atoms with Crippen molar-refractivity contribution in [2.24, 2.45) is 0 Å². The van der Waals surface area contributed by atoms with Crippen LogP contribution in [0.1, 0.15) is 33.5 Å². The summed E-state index contributed by atoms with van der Waals surface area (Å²) in [6, 6.07) is 10.4. The zero-order chi connectivity index (χ0) is 35.1. The molecule has 0 atom stereocenters. The van der Waals surface area contributed by atoms with Gasteiger partial charge in [0.15, 0.2) is 0 Å². The highest BCUT2D eigenvalue weighted by molar-refractivity contribution is 5.90. The van der Waals surface area contributed by atoms with Gasteiger partial charge in [0.05, 0.1) is 5.56 Å². The van der Waals surface area contributed by atoms with Crippen molar-refractivity contribution in [1.82, 2.24) is 0 Å². The molecule has 0 aliphatic rings.